The van der Waals surface area contributed by atoms with Crippen LogP contribution in [0.3, 0.4) is 0 Å². The highest BCUT2D eigenvalue weighted by Crippen LogP contribution is 2.05. The Morgan fingerprint density at radius 1 is 1.56 bits per heavy atom. The standard InChI is InChI=1S/C12H24N2O2/c1-10(2)5-7-14-12(15)9-16-11-4-3-6-13-8-11/h10-11,13H,3-9H2,1-2H3,(H,14,15). The monoisotopic (exact) mass is 228 g/mol. The van der Waals surface area contributed by atoms with Gasteiger partial charge in [-0.25, -0.2) is 0 Å². The average molecular weight is 228 g/mol. The van der Waals surface area contributed by atoms with Gasteiger partial charge < -0.3 is 15.4 Å². The van der Waals surface area contributed by atoms with Crippen LogP contribution in [0.25, 0.3) is 0 Å². The van der Waals surface area contributed by atoms with Gasteiger partial charge in [0.2, 0.25) is 5.91 Å². The number of piperidine rings is 1. The van der Waals surface area contributed by atoms with Crippen molar-refractivity contribution in [3.8, 4) is 0 Å². The van der Waals surface area contributed by atoms with Crippen LogP contribution < -0.4 is 10.6 Å². The van der Waals surface area contributed by atoms with E-state index in [2.05, 4.69) is 24.5 Å². The first kappa shape index (κ1) is 13.5. The summed E-state index contributed by atoms with van der Waals surface area (Å²) in [7, 11) is 0. The Bertz CT molecular complexity index is 201. The van der Waals surface area contributed by atoms with E-state index < -0.39 is 0 Å². The maximum atomic E-state index is 11.4. The molecule has 1 saturated heterocycles. The summed E-state index contributed by atoms with van der Waals surface area (Å²) in [6, 6.07) is 0. The summed E-state index contributed by atoms with van der Waals surface area (Å²) in [6.07, 6.45) is 3.44. The van der Waals surface area contributed by atoms with Gasteiger partial charge in [0.1, 0.15) is 6.61 Å². The van der Waals surface area contributed by atoms with E-state index in [1.54, 1.807) is 0 Å². The molecule has 1 atom stereocenters. The van der Waals surface area contributed by atoms with Gasteiger partial charge in [0, 0.05) is 13.1 Å². The van der Waals surface area contributed by atoms with Crippen molar-refractivity contribution >= 4 is 5.91 Å². The molecule has 0 saturated carbocycles. The number of ether oxygens (including phenoxy) is 1. The fourth-order valence-corrected chi connectivity index (χ4v) is 1.71. The van der Waals surface area contributed by atoms with E-state index in [9.17, 15) is 4.79 Å². The average Bonchev–Trinajstić information content (AvgIpc) is 2.27. The SMILES string of the molecule is CC(C)CCNC(=O)COC1CCCNC1. The topological polar surface area (TPSA) is 50.4 Å². The lowest BCUT2D eigenvalue weighted by Gasteiger charge is -2.22. The molecule has 1 aliphatic rings. The first-order valence-corrected chi connectivity index (χ1v) is 6.27. The lowest BCUT2D eigenvalue weighted by molar-refractivity contribution is -0.128. The Morgan fingerprint density at radius 3 is 3.00 bits per heavy atom. The summed E-state index contributed by atoms with van der Waals surface area (Å²) in [4.78, 5) is 11.4. The van der Waals surface area contributed by atoms with Gasteiger partial charge in [-0.1, -0.05) is 13.8 Å². The molecular weight excluding hydrogens is 204 g/mol. The van der Waals surface area contributed by atoms with Gasteiger partial charge in [0.25, 0.3) is 0 Å². The molecule has 1 rings (SSSR count). The summed E-state index contributed by atoms with van der Waals surface area (Å²) >= 11 is 0. The molecule has 2 N–H and O–H groups in total. The molecule has 1 fully saturated rings. The van der Waals surface area contributed by atoms with Crippen LogP contribution in [0.1, 0.15) is 33.1 Å². The summed E-state index contributed by atoms with van der Waals surface area (Å²) in [5.41, 5.74) is 0. The minimum atomic E-state index is 0.00576. The van der Waals surface area contributed by atoms with Gasteiger partial charge in [-0.05, 0) is 31.7 Å². The van der Waals surface area contributed by atoms with Gasteiger partial charge in [0.15, 0.2) is 0 Å². The third-order valence-electron chi connectivity index (χ3n) is 2.75. The largest absolute Gasteiger partial charge is 0.367 e. The predicted octanol–water partition coefficient (Wildman–Crippen LogP) is 0.917. The van der Waals surface area contributed by atoms with Crippen molar-refractivity contribution in [1.29, 1.82) is 0 Å². The van der Waals surface area contributed by atoms with Crippen molar-refractivity contribution in [2.75, 3.05) is 26.2 Å². The number of amides is 1. The Labute approximate surface area is 98.1 Å². The molecule has 16 heavy (non-hydrogen) atoms. The molecule has 0 aromatic carbocycles. The van der Waals surface area contributed by atoms with Crippen LogP contribution in [0, 0.1) is 5.92 Å². The van der Waals surface area contributed by atoms with E-state index >= 15 is 0 Å². The van der Waals surface area contributed by atoms with E-state index in [4.69, 9.17) is 4.74 Å². The Balaban J connectivity index is 2.00. The van der Waals surface area contributed by atoms with Crippen molar-refractivity contribution in [3.05, 3.63) is 0 Å². The third kappa shape index (κ3) is 6.08. The van der Waals surface area contributed by atoms with E-state index in [1.165, 1.54) is 0 Å². The smallest absolute Gasteiger partial charge is 0.246 e. The fourth-order valence-electron chi connectivity index (χ4n) is 1.71. The first-order valence-electron chi connectivity index (χ1n) is 6.27. The van der Waals surface area contributed by atoms with Crippen LogP contribution in [0.4, 0.5) is 0 Å². The minimum Gasteiger partial charge on any atom is -0.367 e. The number of hydrogen-bond acceptors (Lipinski definition) is 3. The fraction of sp³-hybridized carbons (Fsp3) is 0.917. The zero-order valence-corrected chi connectivity index (χ0v) is 10.4. The molecule has 0 radical (unpaired) electrons. The van der Waals surface area contributed by atoms with Gasteiger partial charge in [0.05, 0.1) is 6.10 Å². The van der Waals surface area contributed by atoms with Crippen LogP contribution in [-0.4, -0.2) is 38.3 Å². The summed E-state index contributed by atoms with van der Waals surface area (Å²) in [6.45, 7) is 7.19. The summed E-state index contributed by atoms with van der Waals surface area (Å²) in [5.74, 6) is 0.634. The molecule has 4 heteroatoms. The van der Waals surface area contributed by atoms with Crippen molar-refractivity contribution in [2.45, 2.75) is 39.2 Å². The van der Waals surface area contributed by atoms with Crippen molar-refractivity contribution in [1.82, 2.24) is 10.6 Å². The molecule has 94 valence electrons. The highest BCUT2D eigenvalue weighted by Gasteiger charge is 2.14. The van der Waals surface area contributed by atoms with Crippen LogP contribution in [0.2, 0.25) is 0 Å². The minimum absolute atomic E-state index is 0.00576. The second-order valence-corrected chi connectivity index (χ2v) is 4.81. The normalized spacial score (nSPS) is 21.1. The van der Waals surface area contributed by atoms with Crippen molar-refractivity contribution in [3.63, 3.8) is 0 Å². The first-order chi connectivity index (χ1) is 7.68. The summed E-state index contributed by atoms with van der Waals surface area (Å²) < 4.78 is 5.53. The molecule has 1 heterocycles. The highest BCUT2D eigenvalue weighted by atomic mass is 16.5. The maximum Gasteiger partial charge on any atom is 0.246 e. The van der Waals surface area contributed by atoms with Crippen LogP contribution in [0.5, 0.6) is 0 Å². The molecular formula is C12H24N2O2. The number of hydrogen-bond donors (Lipinski definition) is 2. The quantitative estimate of drug-likeness (QED) is 0.710. The van der Waals surface area contributed by atoms with Crippen molar-refractivity contribution in [2.24, 2.45) is 5.92 Å². The second-order valence-electron chi connectivity index (χ2n) is 4.81. The van der Waals surface area contributed by atoms with Gasteiger partial charge in [-0.15, -0.1) is 0 Å². The molecule has 4 nitrogen and oxygen atoms in total. The van der Waals surface area contributed by atoms with Crippen LogP contribution in [-0.2, 0) is 9.53 Å². The van der Waals surface area contributed by atoms with Gasteiger partial charge in [-0.2, -0.15) is 0 Å². The Morgan fingerprint density at radius 2 is 2.38 bits per heavy atom. The molecule has 0 aromatic rings. The lowest BCUT2D eigenvalue weighted by atomic mass is 10.1. The molecule has 0 spiro atoms. The lowest BCUT2D eigenvalue weighted by Crippen LogP contribution is -2.38. The second kappa shape index (κ2) is 7.63. The third-order valence-corrected chi connectivity index (χ3v) is 2.75. The molecule has 0 bridgehead atoms. The van der Waals surface area contributed by atoms with Crippen LogP contribution in [0.15, 0.2) is 0 Å². The van der Waals surface area contributed by atoms with Crippen molar-refractivity contribution < 1.29 is 9.53 Å². The Kier molecular flexibility index (Phi) is 6.42. The van der Waals surface area contributed by atoms with E-state index in [0.29, 0.717) is 5.92 Å². The number of carbonyl (C=O) groups is 1. The number of carbonyl (C=O) groups excluding carboxylic acids is 1. The molecule has 1 unspecified atom stereocenters. The zero-order chi connectivity index (χ0) is 11.8. The zero-order valence-electron chi connectivity index (χ0n) is 10.4. The Hall–Kier alpha value is -0.610. The molecule has 0 aliphatic carbocycles. The predicted molar refractivity (Wildman–Crippen MR) is 64.3 cm³/mol. The van der Waals surface area contributed by atoms with Crippen LogP contribution >= 0.6 is 0 Å². The number of nitrogens with one attached hydrogen (secondary N) is 2. The highest BCUT2D eigenvalue weighted by molar-refractivity contribution is 5.77. The molecule has 0 aromatic heterocycles. The molecule has 1 amide bonds. The van der Waals surface area contributed by atoms with E-state index in [1.807, 2.05) is 0 Å². The number of rotatable bonds is 6. The van der Waals surface area contributed by atoms with E-state index in [0.717, 1.165) is 38.9 Å². The molecule has 1 aliphatic heterocycles. The van der Waals surface area contributed by atoms with Gasteiger partial charge in [-0.3, -0.25) is 4.79 Å². The maximum absolute atomic E-state index is 11.4. The van der Waals surface area contributed by atoms with Gasteiger partial charge >= 0.3 is 0 Å². The summed E-state index contributed by atoms with van der Waals surface area (Å²) in [5, 5.41) is 6.13. The van der Waals surface area contributed by atoms with E-state index in [-0.39, 0.29) is 18.6 Å².